The number of nitrogens with zero attached hydrogens (tertiary/aromatic N) is 2. The van der Waals surface area contributed by atoms with Gasteiger partial charge in [-0.25, -0.2) is 0 Å². The van der Waals surface area contributed by atoms with Gasteiger partial charge in [-0.05, 0) is 54.0 Å². The van der Waals surface area contributed by atoms with Crippen molar-refractivity contribution in [1.29, 1.82) is 0 Å². The lowest BCUT2D eigenvalue weighted by molar-refractivity contribution is 0.0538. The van der Waals surface area contributed by atoms with Crippen LogP contribution in [-0.2, 0) is 12.8 Å². The lowest BCUT2D eigenvalue weighted by Crippen LogP contribution is -2.50. The minimum absolute atomic E-state index is 0.0784. The first-order chi connectivity index (χ1) is 11.7. The molecule has 1 aliphatic carbocycles. The summed E-state index contributed by atoms with van der Waals surface area (Å²) in [6, 6.07) is 9.87. The molecule has 4 rings (SSSR count). The maximum absolute atomic E-state index is 12.7. The lowest BCUT2D eigenvalue weighted by atomic mass is 10.1. The molecular formula is C19H20N2O2S. The molecule has 0 N–H and O–H groups in total. The van der Waals surface area contributed by atoms with Crippen LogP contribution in [0.25, 0.3) is 0 Å². The van der Waals surface area contributed by atoms with Gasteiger partial charge in [0.1, 0.15) is 0 Å². The van der Waals surface area contributed by atoms with Gasteiger partial charge in [0.05, 0.1) is 4.88 Å². The second kappa shape index (κ2) is 6.40. The van der Waals surface area contributed by atoms with E-state index in [-0.39, 0.29) is 11.8 Å². The number of piperazine rings is 1. The van der Waals surface area contributed by atoms with E-state index >= 15 is 0 Å². The Morgan fingerprint density at radius 3 is 2.29 bits per heavy atom. The molecule has 2 amide bonds. The van der Waals surface area contributed by atoms with Crippen LogP contribution < -0.4 is 0 Å². The third-order valence-electron chi connectivity index (χ3n) is 4.93. The van der Waals surface area contributed by atoms with Crippen molar-refractivity contribution in [2.75, 3.05) is 26.2 Å². The molecule has 1 aliphatic heterocycles. The van der Waals surface area contributed by atoms with Crippen molar-refractivity contribution in [2.24, 2.45) is 0 Å². The Balaban J connectivity index is 1.40. The topological polar surface area (TPSA) is 40.6 Å². The molecule has 0 atom stereocenters. The lowest BCUT2D eigenvalue weighted by Gasteiger charge is -2.34. The molecular weight excluding hydrogens is 320 g/mol. The third kappa shape index (κ3) is 2.84. The number of hydrogen-bond acceptors (Lipinski definition) is 3. The number of carbonyl (C=O) groups is 2. The first kappa shape index (κ1) is 15.4. The third-order valence-corrected chi connectivity index (χ3v) is 5.79. The van der Waals surface area contributed by atoms with Crippen molar-refractivity contribution >= 4 is 23.2 Å². The first-order valence-corrected chi connectivity index (χ1v) is 9.34. The highest BCUT2D eigenvalue weighted by Crippen LogP contribution is 2.24. The Morgan fingerprint density at radius 2 is 1.58 bits per heavy atom. The molecule has 24 heavy (non-hydrogen) atoms. The molecule has 2 heterocycles. The van der Waals surface area contributed by atoms with E-state index in [0.29, 0.717) is 26.2 Å². The van der Waals surface area contributed by atoms with Crippen molar-refractivity contribution in [2.45, 2.75) is 19.3 Å². The van der Waals surface area contributed by atoms with Crippen LogP contribution in [0.5, 0.6) is 0 Å². The van der Waals surface area contributed by atoms with Crippen molar-refractivity contribution in [3.8, 4) is 0 Å². The number of hydrogen-bond donors (Lipinski definition) is 0. The van der Waals surface area contributed by atoms with E-state index in [0.717, 1.165) is 23.3 Å². The van der Waals surface area contributed by atoms with Crippen LogP contribution in [0.2, 0.25) is 0 Å². The van der Waals surface area contributed by atoms with Gasteiger partial charge in [-0.1, -0.05) is 12.1 Å². The van der Waals surface area contributed by atoms with Crippen LogP contribution in [-0.4, -0.2) is 47.8 Å². The maximum atomic E-state index is 12.7. The fourth-order valence-electron chi connectivity index (χ4n) is 3.56. The Bertz CT molecular complexity index is 762. The van der Waals surface area contributed by atoms with Crippen molar-refractivity contribution in [3.05, 3.63) is 57.3 Å². The van der Waals surface area contributed by atoms with Gasteiger partial charge in [-0.2, -0.15) is 0 Å². The van der Waals surface area contributed by atoms with E-state index in [1.807, 2.05) is 33.4 Å². The van der Waals surface area contributed by atoms with E-state index < -0.39 is 0 Å². The highest BCUT2D eigenvalue weighted by Gasteiger charge is 2.26. The normalized spacial score (nSPS) is 17.0. The molecule has 0 bridgehead atoms. The SMILES string of the molecule is O=C(c1ccc2c(c1)CCC2)N1CCN(C(=O)c2cccs2)CC1. The molecule has 0 saturated carbocycles. The zero-order chi connectivity index (χ0) is 16.5. The Labute approximate surface area is 145 Å². The first-order valence-electron chi connectivity index (χ1n) is 8.46. The summed E-state index contributed by atoms with van der Waals surface area (Å²) >= 11 is 1.47. The standard InChI is InChI=1S/C19H20N2O2S/c22-18(16-7-6-14-3-1-4-15(14)13-16)20-8-10-21(11-9-20)19(23)17-5-2-12-24-17/h2,5-7,12-13H,1,3-4,8-11H2. The quantitative estimate of drug-likeness (QED) is 0.843. The van der Waals surface area contributed by atoms with E-state index in [4.69, 9.17) is 0 Å². The summed E-state index contributed by atoms with van der Waals surface area (Å²) < 4.78 is 0. The van der Waals surface area contributed by atoms with Gasteiger partial charge in [-0.15, -0.1) is 11.3 Å². The highest BCUT2D eigenvalue weighted by molar-refractivity contribution is 7.12. The average molecular weight is 340 g/mol. The number of fused-ring (bicyclic) bond motifs is 1. The van der Waals surface area contributed by atoms with Crippen molar-refractivity contribution in [3.63, 3.8) is 0 Å². The van der Waals surface area contributed by atoms with E-state index in [2.05, 4.69) is 12.1 Å². The summed E-state index contributed by atoms with van der Waals surface area (Å²) in [7, 11) is 0. The van der Waals surface area contributed by atoms with Crippen LogP contribution in [0, 0.1) is 0 Å². The minimum Gasteiger partial charge on any atom is -0.335 e. The molecule has 1 saturated heterocycles. The number of benzene rings is 1. The summed E-state index contributed by atoms with van der Waals surface area (Å²) in [5.74, 6) is 0.169. The molecule has 1 fully saturated rings. The monoisotopic (exact) mass is 340 g/mol. The highest BCUT2D eigenvalue weighted by atomic mass is 32.1. The van der Waals surface area contributed by atoms with Crippen LogP contribution >= 0.6 is 11.3 Å². The van der Waals surface area contributed by atoms with Crippen LogP contribution in [0.3, 0.4) is 0 Å². The van der Waals surface area contributed by atoms with Crippen molar-refractivity contribution in [1.82, 2.24) is 9.80 Å². The number of amides is 2. The van der Waals surface area contributed by atoms with Gasteiger partial charge in [-0.3, -0.25) is 9.59 Å². The van der Waals surface area contributed by atoms with E-state index in [9.17, 15) is 9.59 Å². The zero-order valence-electron chi connectivity index (χ0n) is 13.5. The van der Waals surface area contributed by atoms with Crippen LogP contribution in [0.4, 0.5) is 0 Å². The summed E-state index contributed by atoms with van der Waals surface area (Å²) in [6.07, 6.45) is 3.41. The molecule has 2 aromatic rings. The predicted octanol–water partition coefficient (Wildman–Crippen LogP) is 2.84. The summed E-state index contributed by atoms with van der Waals surface area (Å²) in [5.41, 5.74) is 3.50. The largest absolute Gasteiger partial charge is 0.335 e. The second-order valence-corrected chi connectivity index (χ2v) is 7.35. The van der Waals surface area contributed by atoms with Gasteiger partial charge < -0.3 is 9.80 Å². The van der Waals surface area contributed by atoms with E-state index in [1.54, 1.807) is 0 Å². The molecule has 124 valence electrons. The maximum Gasteiger partial charge on any atom is 0.264 e. The fourth-order valence-corrected chi connectivity index (χ4v) is 4.25. The zero-order valence-corrected chi connectivity index (χ0v) is 14.3. The molecule has 5 heteroatoms. The van der Waals surface area contributed by atoms with Gasteiger partial charge in [0, 0.05) is 31.7 Å². The molecule has 0 unspecified atom stereocenters. The summed E-state index contributed by atoms with van der Waals surface area (Å²) in [5, 5.41) is 1.92. The number of rotatable bonds is 2. The average Bonchev–Trinajstić information content (AvgIpc) is 3.31. The molecule has 0 radical (unpaired) electrons. The molecule has 4 nitrogen and oxygen atoms in total. The molecule has 2 aliphatic rings. The Kier molecular flexibility index (Phi) is 4.10. The Morgan fingerprint density at radius 1 is 0.875 bits per heavy atom. The van der Waals surface area contributed by atoms with Crippen LogP contribution in [0.15, 0.2) is 35.7 Å². The fraction of sp³-hybridized carbons (Fsp3) is 0.368. The van der Waals surface area contributed by atoms with E-state index in [1.165, 1.54) is 28.9 Å². The molecule has 0 spiro atoms. The van der Waals surface area contributed by atoms with Gasteiger partial charge in [0.2, 0.25) is 0 Å². The molecule has 1 aromatic heterocycles. The number of aryl methyl sites for hydroxylation is 2. The summed E-state index contributed by atoms with van der Waals surface area (Å²) in [6.45, 7) is 2.42. The minimum atomic E-state index is 0.0784. The Hall–Kier alpha value is -2.14. The second-order valence-electron chi connectivity index (χ2n) is 6.40. The van der Waals surface area contributed by atoms with Gasteiger partial charge >= 0.3 is 0 Å². The molecule has 1 aromatic carbocycles. The smallest absolute Gasteiger partial charge is 0.264 e. The van der Waals surface area contributed by atoms with Crippen molar-refractivity contribution < 1.29 is 9.59 Å². The summed E-state index contributed by atoms with van der Waals surface area (Å²) in [4.78, 5) is 29.6. The number of thiophene rings is 1. The predicted molar refractivity (Wildman–Crippen MR) is 94.6 cm³/mol. The van der Waals surface area contributed by atoms with Crippen LogP contribution in [0.1, 0.15) is 37.6 Å². The number of carbonyl (C=O) groups excluding carboxylic acids is 2. The van der Waals surface area contributed by atoms with Gasteiger partial charge in [0.25, 0.3) is 11.8 Å². The van der Waals surface area contributed by atoms with Gasteiger partial charge in [0.15, 0.2) is 0 Å².